The molecule has 0 aliphatic rings. The number of aromatic nitrogens is 2. The third-order valence-corrected chi connectivity index (χ3v) is 1.57. The van der Waals surface area contributed by atoms with E-state index in [0.717, 1.165) is 0 Å². The normalized spacial score (nSPS) is 10.9. The average Bonchev–Trinajstić information content (AvgIpc) is 2.70. The van der Waals surface area contributed by atoms with Crippen molar-refractivity contribution < 1.29 is 4.39 Å². The molecule has 14 heavy (non-hydrogen) atoms. The van der Waals surface area contributed by atoms with Crippen LogP contribution in [0.4, 0.5) is 16.0 Å². The Balaban J connectivity index is 2.15. The minimum Gasteiger partial charge on any atom is -0.328 e. The summed E-state index contributed by atoms with van der Waals surface area (Å²) < 4.78 is 12.5. The van der Waals surface area contributed by atoms with Gasteiger partial charge in [-0.25, -0.2) is 9.37 Å². The highest BCUT2D eigenvalue weighted by Crippen LogP contribution is 2.14. The summed E-state index contributed by atoms with van der Waals surface area (Å²) in [5.41, 5.74) is 0.586. The van der Waals surface area contributed by atoms with Gasteiger partial charge in [0.05, 0.1) is 5.69 Å². The van der Waals surface area contributed by atoms with Crippen LogP contribution >= 0.6 is 0 Å². The fourth-order valence-corrected chi connectivity index (χ4v) is 0.924. The van der Waals surface area contributed by atoms with Gasteiger partial charge in [-0.15, -0.1) is 10.2 Å². The molecular weight excluding hydrogens is 183 g/mol. The van der Waals surface area contributed by atoms with E-state index in [9.17, 15) is 4.39 Å². The second-order valence-electron chi connectivity index (χ2n) is 2.59. The number of nitrogens with zero attached hydrogens (tertiary/aromatic N) is 3. The van der Waals surface area contributed by atoms with Crippen LogP contribution in [0.2, 0.25) is 0 Å². The van der Waals surface area contributed by atoms with Crippen LogP contribution in [0.25, 0.3) is 0 Å². The number of azo groups is 1. The highest BCUT2D eigenvalue weighted by Gasteiger charge is 1.92. The van der Waals surface area contributed by atoms with Gasteiger partial charge in [0.2, 0.25) is 5.95 Å². The van der Waals surface area contributed by atoms with Gasteiger partial charge in [0.15, 0.2) is 0 Å². The lowest BCUT2D eigenvalue weighted by Crippen LogP contribution is -1.69. The SMILES string of the molecule is Fc1ccc(/N=N/c2ncc[nH]2)cc1. The van der Waals surface area contributed by atoms with E-state index >= 15 is 0 Å². The highest BCUT2D eigenvalue weighted by molar-refractivity contribution is 5.36. The number of H-pyrrole nitrogens is 1. The van der Waals surface area contributed by atoms with Gasteiger partial charge in [-0.2, -0.15) is 0 Å². The highest BCUT2D eigenvalue weighted by atomic mass is 19.1. The molecule has 1 heterocycles. The molecule has 0 amide bonds. The Labute approximate surface area is 79.5 Å². The summed E-state index contributed by atoms with van der Waals surface area (Å²) >= 11 is 0. The molecule has 4 nitrogen and oxygen atoms in total. The van der Waals surface area contributed by atoms with Crippen LogP contribution in [0.5, 0.6) is 0 Å². The van der Waals surface area contributed by atoms with E-state index in [1.807, 2.05) is 0 Å². The standard InChI is InChI=1S/C9H7FN4/c10-7-1-3-8(4-2-7)13-14-9-11-5-6-12-9/h1-6H,(H,11,12)/b14-13+. The van der Waals surface area contributed by atoms with Gasteiger partial charge in [0.1, 0.15) is 5.82 Å². The number of hydrogen-bond donors (Lipinski definition) is 1. The number of imidazole rings is 1. The molecule has 70 valence electrons. The maximum absolute atomic E-state index is 12.5. The van der Waals surface area contributed by atoms with Crippen LogP contribution in [-0.4, -0.2) is 9.97 Å². The fourth-order valence-electron chi connectivity index (χ4n) is 0.924. The average molecular weight is 190 g/mol. The maximum atomic E-state index is 12.5. The molecule has 1 aromatic carbocycles. The van der Waals surface area contributed by atoms with Crippen molar-refractivity contribution >= 4 is 11.6 Å². The molecule has 0 aliphatic carbocycles. The molecule has 5 heteroatoms. The molecule has 1 aromatic heterocycles. The Bertz CT molecular complexity index is 419. The molecule has 0 aliphatic heterocycles. The molecule has 0 fully saturated rings. The minimum atomic E-state index is -0.290. The van der Waals surface area contributed by atoms with Crippen molar-refractivity contribution in [2.75, 3.05) is 0 Å². The Kier molecular flexibility index (Phi) is 2.31. The van der Waals surface area contributed by atoms with Gasteiger partial charge < -0.3 is 4.98 Å². The molecule has 0 bridgehead atoms. The van der Waals surface area contributed by atoms with Crippen LogP contribution in [0.3, 0.4) is 0 Å². The van der Waals surface area contributed by atoms with E-state index < -0.39 is 0 Å². The van der Waals surface area contributed by atoms with Crippen LogP contribution in [0.15, 0.2) is 46.9 Å². The number of rotatable bonds is 2. The van der Waals surface area contributed by atoms with Gasteiger partial charge in [-0.3, -0.25) is 0 Å². The zero-order valence-electron chi connectivity index (χ0n) is 7.18. The lowest BCUT2D eigenvalue weighted by Gasteiger charge is -1.89. The van der Waals surface area contributed by atoms with Crippen LogP contribution in [0.1, 0.15) is 0 Å². The Morgan fingerprint density at radius 1 is 1.14 bits per heavy atom. The molecule has 2 rings (SSSR count). The summed E-state index contributed by atoms with van der Waals surface area (Å²) in [6.45, 7) is 0. The van der Waals surface area contributed by atoms with Crippen molar-refractivity contribution in [3.05, 3.63) is 42.5 Å². The smallest absolute Gasteiger partial charge is 0.246 e. The monoisotopic (exact) mass is 190 g/mol. The van der Waals surface area contributed by atoms with Gasteiger partial charge >= 0.3 is 0 Å². The Morgan fingerprint density at radius 2 is 1.93 bits per heavy atom. The van der Waals surface area contributed by atoms with Gasteiger partial charge in [-0.1, -0.05) is 0 Å². The van der Waals surface area contributed by atoms with Crippen molar-refractivity contribution in [2.45, 2.75) is 0 Å². The molecule has 0 unspecified atom stereocenters. The quantitative estimate of drug-likeness (QED) is 0.727. The van der Waals surface area contributed by atoms with E-state index in [2.05, 4.69) is 20.2 Å². The minimum absolute atomic E-state index is 0.290. The molecular formula is C9H7FN4. The van der Waals surface area contributed by atoms with Crippen molar-refractivity contribution in [1.82, 2.24) is 9.97 Å². The molecule has 0 saturated carbocycles. The third kappa shape index (κ3) is 2.01. The van der Waals surface area contributed by atoms with E-state index in [0.29, 0.717) is 11.6 Å². The first-order valence-electron chi connectivity index (χ1n) is 4.01. The predicted octanol–water partition coefficient (Wildman–Crippen LogP) is 2.96. The van der Waals surface area contributed by atoms with E-state index in [1.54, 1.807) is 24.5 Å². The molecule has 0 atom stereocenters. The van der Waals surface area contributed by atoms with Crippen molar-refractivity contribution in [1.29, 1.82) is 0 Å². The lowest BCUT2D eigenvalue weighted by atomic mass is 10.3. The second-order valence-corrected chi connectivity index (χ2v) is 2.59. The van der Waals surface area contributed by atoms with Crippen molar-refractivity contribution in [3.63, 3.8) is 0 Å². The second kappa shape index (κ2) is 3.78. The summed E-state index contributed by atoms with van der Waals surface area (Å²) in [6, 6.07) is 5.75. The topological polar surface area (TPSA) is 53.4 Å². The van der Waals surface area contributed by atoms with Crippen LogP contribution in [-0.2, 0) is 0 Å². The molecule has 0 saturated heterocycles. The Hall–Kier alpha value is -2.04. The van der Waals surface area contributed by atoms with Crippen molar-refractivity contribution in [2.24, 2.45) is 10.2 Å². The van der Waals surface area contributed by atoms with Gasteiger partial charge in [0.25, 0.3) is 0 Å². The summed E-state index contributed by atoms with van der Waals surface area (Å²) in [4.78, 5) is 6.63. The predicted molar refractivity (Wildman–Crippen MR) is 49.2 cm³/mol. The summed E-state index contributed by atoms with van der Waals surface area (Å²) in [5.74, 6) is 0.135. The van der Waals surface area contributed by atoms with Crippen LogP contribution < -0.4 is 0 Å². The van der Waals surface area contributed by atoms with Gasteiger partial charge in [0, 0.05) is 12.4 Å². The van der Waals surface area contributed by atoms with E-state index in [-0.39, 0.29) is 5.82 Å². The first kappa shape index (κ1) is 8.55. The first-order chi connectivity index (χ1) is 6.84. The van der Waals surface area contributed by atoms with E-state index in [1.165, 1.54) is 12.1 Å². The number of benzene rings is 1. The van der Waals surface area contributed by atoms with E-state index in [4.69, 9.17) is 0 Å². The Morgan fingerprint density at radius 3 is 2.57 bits per heavy atom. The van der Waals surface area contributed by atoms with Gasteiger partial charge in [-0.05, 0) is 24.3 Å². The molecule has 2 aromatic rings. The molecule has 1 N–H and O–H groups in total. The van der Waals surface area contributed by atoms with Crippen LogP contribution in [0, 0.1) is 5.82 Å². The zero-order chi connectivity index (χ0) is 9.80. The number of halogens is 1. The molecule has 0 radical (unpaired) electrons. The summed E-state index contributed by atoms with van der Waals surface area (Å²) in [5, 5.41) is 7.66. The zero-order valence-corrected chi connectivity index (χ0v) is 7.18. The first-order valence-corrected chi connectivity index (χ1v) is 4.01. The van der Waals surface area contributed by atoms with Crippen molar-refractivity contribution in [3.8, 4) is 0 Å². The lowest BCUT2D eigenvalue weighted by molar-refractivity contribution is 0.628. The fraction of sp³-hybridized carbons (Fsp3) is 0. The molecule has 0 spiro atoms. The number of hydrogen-bond acceptors (Lipinski definition) is 3. The number of nitrogens with one attached hydrogen (secondary N) is 1. The number of aromatic amines is 1. The largest absolute Gasteiger partial charge is 0.328 e. The third-order valence-electron chi connectivity index (χ3n) is 1.57. The maximum Gasteiger partial charge on any atom is 0.246 e. The summed E-state index contributed by atoms with van der Waals surface area (Å²) in [6.07, 6.45) is 3.23. The summed E-state index contributed by atoms with van der Waals surface area (Å²) in [7, 11) is 0.